The molecular formula is C24H21BrClIN2O4. The lowest BCUT2D eigenvalue weighted by atomic mass is 10.2. The SMILES string of the molecule is CCOc1cc(/C=N\NC(=O)c2cc(Br)ccc2OC)cc(Cl)c1OCc1ccc(I)cc1. The van der Waals surface area contributed by atoms with Crippen LogP contribution in [0.15, 0.2) is 64.2 Å². The molecule has 0 atom stereocenters. The summed E-state index contributed by atoms with van der Waals surface area (Å²) in [6, 6.07) is 16.6. The maximum Gasteiger partial charge on any atom is 0.275 e. The first kappa shape index (κ1) is 25.3. The van der Waals surface area contributed by atoms with E-state index in [0.29, 0.717) is 46.6 Å². The molecule has 3 aromatic carbocycles. The highest BCUT2D eigenvalue weighted by Crippen LogP contribution is 2.37. The van der Waals surface area contributed by atoms with Crippen molar-refractivity contribution in [3.8, 4) is 17.2 Å². The van der Waals surface area contributed by atoms with Gasteiger partial charge in [0.1, 0.15) is 12.4 Å². The lowest BCUT2D eigenvalue weighted by Crippen LogP contribution is -2.18. The van der Waals surface area contributed by atoms with E-state index in [1.165, 1.54) is 13.3 Å². The van der Waals surface area contributed by atoms with Gasteiger partial charge in [-0.05, 0) is 83.1 Å². The van der Waals surface area contributed by atoms with Gasteiger partial charge in [-0.3, -0.25) is 4.79 Å². The van der Waals surface area contributed by atoms with Crippen LogP contribution in [0.3, 0.4) is 0 Å². The molecule has 0 saturated carbocycles. The van der Waals surface area contributed by atoms with Crippen LogP contribution >= 0.6 is 50.1 Å². The molecule has 0 fully saturated rings. The summed E-state index contributed by atoms with van der Waals surface area (Å²) in [6.45, 7) is 2.67. The van der Waals surface area contributed by atoms with Gasteiger partial charge in [0.25, 0.3) is 5.91 Å². The van der Waals surface area contributed by atoms with Crippen molar-refractivity contribution >= 4 is 62.2 Å². The predicted molar refractivity (Wildman–Crippen MR) is 142 cm³/mol. The average Bonchev–Trinajstić information content (AvgIpc) is 2.80. The summed E-state index contributed by atoms with van der Waals surface area (Å²) in [5.41, 5.74) is 4.52. The fraction of sp³-hybridized carbons (Fsp3) is 0.167. The molecule has 0 bridgehead atoms. The molecule has 3 rings (SSSR count). The van der Waals surface area contributed by atoms with Gasteiger partial charge < -0.3 is 14.2 Å². The first-order valence-electron chi connectivity index (χ1n) is 9.91. The molecule has 0 aliphatic rings. The van der Waals surface area contributed by atoms with Crippen LogP contribution in [0.2, 0.25) is 5.02 Å². The third-order valence-corrected chi connectivity index (χ3v) is 5.91. The maximum absolute atomic E-state index is 12.5. The quantitative estimate of drug-likeness (QED) is 0.165. The van der Waals surface area contributed by atoms with Gasteiger partial charge in [-0.25, -0.2) is 5.43 Å². The van der Waals surface area contributed by atoms with Gasteiger partial charge >= 0.3 is 0 Å². The molecule has 33 heavy (non-hydrogen) atoms. The number of nitrogens with one attached hydrogen (secondary N) is 1. The second-order valence-electron chi connectivity index (χ2n) is 6.72. The van der Waals surface area contributed by atoms with Crippen molar-refractivity contribution in [3.05, 3.63) is 84.4 Å². The van der Waals surface area contributed by atoms with Crippen LogP contribution in [-0.4, -0.2) is 25.8 Å². The summed E-state index contributed by atoms with van der Waals surface area (Å²) in [4.78, 5) is 12.5. The zero-order chi connectivity index (χ0) is 23.8. The Morgan fingerprint density at radius 1 is 1.12 bits per heavy atom. The van der Waals surface area contributed by atoms with E-state index in [1.54, 1.807) is 30.3 Å². The molecule has 0 aliphatic carbocycles. The zero-order valence-electron chi connectivity index (χ0n) is 17.9. The molecule has 1 amide bonds. The average molecular weight is 644 g/mol. The zero-order valence-corrected chi connectivity index (χ0v) is 22.4. The van der Waals surface area contributed by atoms with Crippen LogP contribution in [0.25, 0.3) is 0 Å². The van der Waals surface area contributed by atoms with Gasteiger partial charge in [0.2, 0.25) is 0 Å². The lowest BCUT2D eigenvalue weighted by molar-refractivity contribution is 0.0952. The minimum absolute atomic E-state index is 0.356. The molecule has 3 aromatic rings. The summed E-state index contributed by atoms with van der Waals surface area (Å²) >= 11 is 12.1. The van der Waals surface area contributed by atoms with E-state index in [1.807, 2.05) is 31.2 Å². The Balaban J connectivity index is 1.74. The highest BCUT2D eigenvalue weighted by Gasteiger charge is 2.14. The normalized spacial score (nSPS) is 10.8. The summed E-state index contributed by atoms with van der Waals surface area (Å²) in [5.74, 6) is 0.995. The third-order valence-electron chi connectivity index (χ3n) is 4.41. The van der Waals surface area contributed by atoms with E-state index >= 15 is 0 Å². The Morgan fingerprint density at radius 2 is 1.88 bits per heavy atom. The van der Waals surface area contributed by atoms with Crippen LogP contribution in [-0.2, 0) is 6.61 Å². The predicted octanol–water partition coefficient (Wildman–Crippen LogP) is 6.46. The Kier molecular flexibility index (Phi) is 9.40. The minimum atomic E-state index is -0.405. The molecule has 9 heteroatoms. The van der Waals surface area contributed by atoms with E-state index in [-0.39, 0.29) is 0 Å². The summed E-state index contributed by atoms with van der Waals surface area (Å²) in [6.07, 6.45) is 1.49. The summed E-state index contributed by atoms with van der Waals surface area (Å²) < 4.78 is 18.8. The van der Waals surface area contributed by atoms with Gasteiger partial charge in [-0.1, -0.05) is 39.7 Å². The van der Waals surface area contributed by atoms with E-state index in [2.05, 4.69) is 49.0 Å². The number of rotatable bonds is 9. The van der Waals surface area contributed by atoms with Crippen LogP contribution in [0.1, 0.15) is 28.4 Å². The topological polar surface area (TPSA) is 69.2 Å². The summed E-state index contributed by atoms with van der Waals surface area (Å²) in [7, 11) is 1.50. The molecule has 172 valence electrons. The molecule has 0 aliphatic heterocycles. The number of carbonyl (C=O) groups excluding carboxylic acids is 1. The van der Waals surface area contributed by atoms with Gasteiger partial charge in [-0.2, -0.15) is 5.10 Å². The number of hydrogen-bond acceptors (Lipinski definition) is 5. The van der Waals surface area contributed by atoms with Crippen molar-refractivity contribution in [1.29, 1.82) is 0 Å². The monoisotopic (exact) mass is 642 g/mol. The number of hydrogen-bond donors (Lipinski definition) is 1. The Labute approximate surface area is 219 Å². The fourth-order valence-electron chi connectivity index (χ4n) is 2.88. The van der Waals surface area contributed by atoms with E-state index < -0.39 is 5.91 Å². The van der Waals surface area contributed by atoms with E-state index in [0.717, 1.165) is 13.6 Å². The second kappa shape index (κ2) is 12.2. The van der Waals surface area contributed by atoms with Crippen LogP contribution in [0.5, 0.6) is 17.2 Å². The molecule has 0 heterocycles. The van der Waals surface area contributed by atoms with E-state index in [4.69, 9.17) is 25.8 Å². The van der Waals surface area contributed by atoms with Crippen molar-refractivity contribution in [2.75, 3.05) is 13.7 Å². The van der Waals surface area contributed by atoms with Gasteiger partial charge in [0.15, 0.2) is 11.5 Å². The standard InChI is InChI=1S/C24H21BrClIN2O4/c1-3-32-22-11-16(10-20(26)23(22)33-14-15-4-7-18(27)8-5-15)13-28-29-24(30)19-12-17(25)6-9-21(19)31-2/h4-13H,3,14H2,1-2H3,(H,29,30)/b28-13-. The molecule has 0 saturated heterocycles. The number of hydrazone groups is 1. The van der Waals surface area contributed by atoms with Crippen LogP contribution < -0.4 is 19.6 Å². The minimum Gasteiger partial charge on any atom is -0.496 e. The lowest BCUT2D eigenvalue weighted by Gasteiger charge is -2.14. The largest absolute Gasteiger partial charge is 0.496 e. The van der Waals surface area contributed by atoms with Crippen molar-refractivity contribution in [2.24, 2.45) is 5.10 Å². The van der Waals surface area contributed by atoms with Crippen molar-refractivity contribution < 1.29 is 19.0 Å². The summed E-state index contributed by atoms with van der Waals surface area (Å²) in [5, 5.41) is 4.43. The Morgan fingerprint density at radius 3 is 2.58 bits per heavy atom. The number of nitrogens with zero attached hydrogens (tertiary/aromatic N) is 1. The van der Waals surface area contributed by atoms with Crippen molar-refractivity contribution in [1.82, 2.24) is 5.43 Å². The number of halogens is 3. The molecule has 0 aromatic heterocycles. The molecule has 0 unspecified atom stereocenters. The molecule has 6 nitrogen and oxygen atoms in total. The van der Waals surface area contributed by atoms with Gasteiger partial charge in [0.05, 0.1) is 30.5 Å². The van der Waals surface area contributed by atoms with Crippen molar-refractivity contribution in [3.63, 3.8) is 0 Å². The fourth-order valence-corrected chi connectivity index (χ4v) is 3.88. The first-order valence-corrected chi connectivity index (χ1v) is 12.2. The number of carbonyl (C=O) groups is 1. The number of benzene rings is 3. The van der Waals surface area contributed by atoms with E-state index in [9.17, 15) is 4.79 Å². The number of ether oxygens (including phenoxy) is 3. The number of methoxy groups -OCH3 is 1. The second-order valence-corrected chi connectivity index (χ2v) is 9.29. The van der Waals surface area contributed by atoms with Gasteiger partial charge in [-0.15, -0.1) is 0 Å². The smallest absolute Gasteiger partial charge is 0.275 e. The molecule has 0 radical (unpaired) electrons. The van der Waals surface area contributed by atoms with Gasteiger partial charge in [0, 0.05) is 8.04 Å². The number of amides is 1. The molecule has 0 spiro atoms. The van der Waals surface area contributed by atoms with Crippen molar-refractivity contribution in [2.45, 2.75) is 13.5 Å². The third kappa shape index (κ3) is 7.09. The van der Waals surface area contributed by atoms with Crippen LogP contribution in [0, 0.1) is 3.57 Å². The Hall–Kier alpha value is -2.30. The highest BCUT2D eigenvalue weighted by molar-refractivity contribution is 14.1. The Bertz CT molecular complexity index is 1160. The molecule has 1 N–H and O–H groups in total. The van der Waals surface area contributed by atoms with Crippen LogP contribution in [0.4, 0.5) is 0 Å². The maximum atomic E-state index is 12.5. The highest BCUT2D eigenvalue weighted by atomic mass is 127. The molecular weight excluding hydrogens is 623 g/mol. The first-order chi connectivity index (χ1) is 15.9.